The molecule has 4 rings (SSSR count). The van der Waals surface area contributed by atoms with E-state index in [0.717, 1.165) is 5.56 Å². The van der Waals surface area contributed by atoms with Gasteiger partial charge in [0.15, 0.2) is 11.5 Å². The molecule has 9 heteroatoms. The highest BCUT2D eigenvalue weighted by molar-refractivity contribution is 5.59. The molecule has 0 atom stereocenters. The summed E-state index contributed by atoms with van der Waals surface area (Å²) in [6.07, 6.45) is 3.57. The van der Waals surface area contributed by atoms with Gasteiger partial charge in [-0.05, 0) is 30.3 Å². The molecule has 0 bridgehead atoms. The van der Waals surface area contributed by atoms with Crippen LogP contribution in [0.2, 0.25) is 0 Å². The molecule has 1 aromatic carbocycles. The SMILES string of the molecule is COc1ccc(-c2nnc(Cc3nc(-c4cccnc4)no3)o2)cc1OC. The Morgan fingerprint density at radius 3 is 2.63 bits per heavy atom. The number of nitrogens with zero attached hydrogens (tertiary/aromatic N) is 5. The number of pyridine rings is 1. The Balaban J connectivity index is 1.53. The van der Waals surface area contributed by atoms with Crippen LogP contribution >= 0.6 is 0 Å². The molecular weight excluding hydrogens is 350 g/mol. The van der Waals surface area contributed by atoms with Gasteiger partial charge < -0.3 is 18.4 Å². The van der Waals surface area contributed by atoms with Crippen LogP contribution in [-0.2, 0) is 6.42 Å². The number of methoxy groups -OCH3 is 2. The molecule has 0 fully saturated rings. The van der Waals surface area contributed by atoms with Crippen LogP contribution in [0, 0.1) is 0 Å². The van der Waals surface area contributed by atoms with E-state index in [0.29, 0.717) is 40.6 Å². The van der Waals surface area contributed by atoms with E-state index in [9.17, 15) is 0 Å². The van der Waals surface area contributed by atoms with E-state index in [2.05, 4.69) is 25.3 Å². The molecule has 0 aliphatic carbocycles. The first-order valence-corrected chi connectivity index (χ1v) is 8.04. The maximum atomic E-state index is 5.70. The predicted molar refractivity (Wildman–Crippen MR) is 93.2 cm³/mol. The molecule has 0 spiro atoms. The number of ether oxygens (including phenoxy) is 2. The Morgan fingerprint density at radius 2 is 1.85 bits per heavy atom. The molecule has 27 heavy (non-hydrogen) atoms. The largest absolute Gasteiger partial charge is 0.493 e. The molecule has 4 aromatic rings. The van der Waals surface area contributed by atoms with Gasteiger partial charge in [0.2, 0.25) is 23.5 Å². The third-order valence-electron chi connectivity index (χ3n) is 3.79. The van der Waals surface area contributed by atoms with Crippen LogP contribution in [0.1, 0.15) is 11.8 Å². The van der Waals surface area contributed by atoms with Gasteiger partial charge in [-0.1, -0.05) is 5.16 Å². The van der Waals surface area contributed by atoms with E-state index in [4.69, 9.17) is 18.4 Å². The Hall–Kier alpha value is -3.75. The van der Waals surface area contributed by atoms with Crippen molar-refractivity contribution in [1.29, 1.82) is 0 Å². The minimum Gasteiger partial charge on any atom is -0.493 e. The van der Waals surface area contributed by atoms with Crippen molar-refractivity contribution in [2.75, 3.05) is 14.2 Å². The zero-order valence-corrected chi connectivity index (χ0v) is 14.6. The van der Waals surface area contributed by atoms with Crippen molar-refractivity contribution in [2.45, 2.75) is 6.42 Å². The highest BCUT2D eigenvalue weighted by atomic mass is 16.5. The first kappa shape index (κ1) is 16.7. The van der Waals surface area contributed by atoms with Crippen LogP contribution in [0.5, 0.6) is 11.5 Å². The lowest BCUT2D eigenvalue weighted by Gasteiger charge is -2.07. The standard InChI is InChI=1S/C18H15N5O4/c1-24-13-6-5-11(8-14(13)25-2)18-22-21-16(26-18)9-15-20-17(23-27-15)12-4-3-7-19-10-12/h3-8,10H,9H2,1-2H3. The molecule has 3 aromatic heterocycles. The zero-order valence-electron chi connectivity index (χ0n) is 14.6. The van der Waals surface area contributed by atoms with Gasteiger partial charge in [-0.3, -0.25) is 4.98 Å². The molecular formula is C18H15N5O4. The molecule has 9 nitrogen and oxygen atoms in total. The highest BCUT2D eigenvalue weighted by Crippen LogP contribution is 2.31. The fourth-order valence-electron chi connectivity index (χ4n) is 2.48. The minimum absolute atomic E-state index is 0.230. The first-order chi connectivity index (χ1) is 13.3. The van der Waals surface area contributed by atoms with E-state index >= 15 is 0 Å². The summed E-state index contributed by atoms with van der Waals surface area (Å²) in [4.78, 5) is 8.36. The van der Waals surface area contributed by atoms with Crippen molar-refractivity contribution in [2.24, 2.45) is 0 Å². The molecule has 0 saturated carbocycles. The number of hydrogen-bond acceptors (Lipinski definition) is 9. The van der Waals surface area contributed by atoms with Crippen molar-refractivity contribution in [3.8, 4) is 34.3 Å². The quantitative estimate of drug-likeness (QED) is 0.509. The second-order valence-electron chi connectivity index (χ2n) is 5.50. The molecule has 0 amide bonds. The summed E-state index contributed by atoms with van der Waals surface area (Å²) < 4.78 is 21.5. The third kappa shape index (κ3) is 3.47. The lowest BCUT2D eigenvalue weighted by Crippen LogP contribution is -1.90. The number of aromatic nitrogens is 5. The van der Waals surface area contributed by atoms with Gasteiger partial charge >= 0.3 is 0 Å². The van der Waals surface area contributed by atoms with Crippen LogP contribution < -0.4 is 9.47 Å². The van der Waals surface area contributed by atoms with E-state index in [-0.39, 0.29) is 6.42 Å². The Kier molecular flexibility index (Phi) is 4.48. The van der Waals surface area contributed by atoms with E-state index in [1.807, 2.05) is 12.1 Å². The average Bonchev–Trinajstić information content (AvgIpc) is 3.38. The molecule has 0 aliphatic rings. The number of benzene rings is 1. The van der Waals surface area contributed by atoms with Gasteiger partial charge in [-0.15, -0.1) is 10.2 Å². The number of rotatable bonds is 6. The van der Waals surface area contributed by atoms with E-state index in [1.54, 1.807) is 44.8 Å². The van der Waals surface area contributed by atoms with Crippen LogP contribution in [0.3, 0.4) is 0 Å². The summed E-state index contributed by atoms with van der Waals surface area (Å²) in [5.41, 5.74) is 1.48. The maximum absolute atomic E-state index is 5.70. The van der Waals surface area contributed by atoms with Gasteiger partial charge in [0.05, 0.1) is 14.2 Å². The van der Waals surface area contributed by atoms with Crippen molar-refractivity contribution >= 4 is 0 Å². The molecule has 136 valence electrons. The molecule has 0 radical (unpaired) electrons. The highest BCUT2D eigenvalue weighted by Gasteiger charge is 2.15. The Bertz CT molecular complexity index is 1040. The van der Waals surface area contributed by atoms with Crippen molar-refractivity contribution in [1.82, 2.24) is 25.3 Å². The molecule has 0 N–H and O–H groups in total. The summed E-state index contributed by atoms with van der Waals surface area (Å²) in [5.74, 6) is 2.75. The smallest absolute Gasteiger partial charge is 0.247 e. The van der Waals surface area contributed by atoms with Crippen LogP contribution in [0.4, 0.5) is 0 Å². The van der Waals surface area contributed by atoms with Gasteiger partial charge in [-0.25, -0.2) is 0 Å². The summed E-state index contributed by atoms with van der Waals surface area (Å²) in [7, 11) is 3.14. The van der Waals surface area contributed by atoms with Crippen LogP contribution in [0.15, 0.2) is 51.7 Å². The summed E-state index contributed by atoms with van der Waals surface area (Å²) >= 11 is 0. The number of hydrogen-bond donors (Lipinski definition) is 0. The maximum Gasteiger partial charge on any atom is 0.247 e. The van der Waals surface area contributed by atoms with Crippen LogP contribution in [0.25, 0.3) is 22.8 Å². The minimum atomic E-state index is 0.230. The summed E-state index contributed by atoms with van der Waals surface area (Å²) in [5, 5.41) is 12.0. The Labute approximate surface area is 154 Å². The van der Waals surface area contributed by atoms with E-state index < -0.39 is 0 Å². The van der Waals surface area contributed by atoms with Gasteiger partial charge in [0.25, 0.3) is 0 Å². The van der Waals surface area contributed by atoms with Gasteiger partial charge in [0.1, 0.15) is 6.42 Å². The third-order valence-corrected chi connectivity index (χ3v) is 3.79. The second kappa shape index (κ2) is 7.24. The normalized spacial score (nSPS) is 10.7. The molecule has 0 aliphatic heterocycles. The Morgan fingerprint density at radius 1 is 0.963 bits per heavy atom. The average molecular weight is 365 g/mol. The lowest BCUT2D eigenvalue weighted by molar-refractivity contribution is 0.355. The van der Waals surface area contributed by atoms with Crippen molar-refractivity contribution in [3.63, 3.8) is 0 Å². The van der Waals surface area contributed by atoms with Gasteiger partial charge in [-0.2, -0.15) is 4.98 Å². The molecule has 3 heterocycles. The molecule has 0 unspecified atom stereocenters. The lowest BCUT2D eigenvalue weighted by atomic mass is 10.2. The predicted octanol–water partition coefficient (Wildman–Crippen LogP) is 2.79. The fraction of sp³-hybridized carbons (Fsp3) is 0.167. The fourth-order valence-corrected chi connectivity index (χ4v) is 2.48. The monoisotopic (exact) mass is 365 g/mol. The van der Waals surface area contributed by atoms with E-state index in [1.165, 1.54) is 0 Å². The van der Waals surface area contributed by atoms with Crippen molar-refractivity contribution < 1.29 is 18.4 Å². The summed E-state index contributed by atoms with van der Waals surface area (Å²) in [6, 6.07) is 9.01. The topological polar surface area (TPSA) is 109 Å². The second-order valence-corrected chi connectivity index (χ2v) is 5.50. The van der Waals surface area contributed by atoms with Crippen LogP contribution in [-0.4, -0.2) is 39.5 Å². The first-order valence-electron chi connectivity index (χ1n) is 8.04. The summed E-state index contributed by atoms with van der Waals surface area (Å²) in [6.45, 7) is 0. The molecule has 0 saturated heterocycles. The van der Waals surface area contributed by atoms with Crippen molar-refractivity contribution in [3.05, 3.63) is 54.5 Å². The van der Waals surface area contributed by atoms with Gasteiger partial charge in [0, 0.05) is 23.5 Å². The zero-order chi connectivity index (χ0) is 18.6.